The van der Waals surface area contributed by atoms with Gasteiger partial charge >= 0.3 is 0 Å². The van der Waals surface area contributed by atoms with E-state index in [1.54, 1.807) is 0 Å². The van der Waals surface area contributed by atoms with Gasteiger partial charge in [-0.25, -0.2) is 0 Å². The Bertz CT molecular complexity index is 850. The number of nitrogens with zero attached hydrogens (tertiary/aromatic N) is 4. The normalized spacial score (nSPS) is 16.6. The number of anilines is 1. The predicted molar refractivity (Wildman–Crippen MR) is 85.6 cm³/mol. The molecule has 0 unspecified atom stereocenters. The first-order valence-corrected chi connectivity index (χ1v) is 7.53. The van der Waals surface area contributed by atoms with Crippen molar-refractivity contribution in [3.8, 4) is 17.2 Å². The van der Waals surface area contributed by atoms with E-state index in [0.29, 0.717) is 5.02 Å². The Balaban J connectivity index is 1.99. The molecule has 6 nitrogen and oxygen atoms in total. The van der Waals surface area contributed by atoms with Crippen molar-refractivity contribution in [2.45, 2.75) is 19.8 Å². The largest absolute Gasteiger partial charge is 0.383 e. The summed E-state index contributed by atoms with van der Waals surface area (Å²) in [5.41, 5.74) is 3.75. The zero-order chi connectivity index (χ0) is 15.3. The van der Waals surface area contributed by atoms with Gasteiger partial charge in [0.1, 0.15) is 11.5 Å². The van der Waals surface area contributed by atoms with Gasteiger partial charge in [-0.1, -0.05) is 18.5 Å². The first-order valence-electron chi connectivity index (χ1n) is 7.15. The SMILES string of the molecule is Cc1cc(-c2nnc3n2-c2ccc(Cl)cc2NC[C@@H]3C)[nH]n1. The molecule has 3 aromatic rings. The number of rotatable bonds is 1. The molecule has 1 atom stereocenters. The van der Waals surface area contributed by atoms with Gasteiger partial charge in [0.2, 0.25) is 0 Å². The summed E-state index contributed by atoms with van der Waals surface area (Å²) in [5.74, 6) is 1.92. The molecule has 112 valence electrons. The van der Waals surface area contributed by atoms with E-state index in [0.717, 1.165) is 41.0 Å². The van der Waals surface area contributed by atoms with Crippen LogP contribution in [0.5, 0.6) is 0 Å². The minimum atomic E-state index is 0.233. The maximum absolute atomic E-state index is 6.13. The molecule has 4 rings (SSSR count). The minimum absolute atomic E-state index is 0.233. The monoisotopic (exact) mass is 314 g/mol. The molecule has 3 heterocycles. The quantitative estimate of drug-likeness (QED) is 0.724. The fourth-order valence-electron chi connectivity index (χ4n) is 2.76. The van der Waals surface area contributed by atoms with E-state index in [2.05, 4.69) is 37.2 Å². The summed E-state index contributed by atoms with van der Waals surface area (Å²) in [4.78, 5) is 0. The zero-order valence-electron chi connectivity index (χ0n) is 12.3. The van der Waals surface area contributed by atoms with Gasteiger partial charge in [0.25, 0.3) is 0 Å². The van der Waals surface area contributed by atoms with Crippen LogP contribution in [0.1, 0.15) is 24.4 Å². The van der Waals surface area contributed by atoms with E-state index in [-0.39, 0.29) is 5.92 Å². The summed E-state index contributed by atoms with van der Waals surface area (Å²) in [7, 11) is 0. The van der Waals surface area contributed by atoms with Crippen LogP contribution in [0.2, 0.25) is 5.02 Å². The van der Waals surface area contributed by atoms with Crippen molar-refractivity contribution in [2.75, 3.05) is 11.9 Å². The maximum atomic E-state index is 6.13. The van der Waals surface area contributed by atoms with Crippen LogP contribution >= 0.6 is 11.6 Å². The Morgan fingerprint density at radius 3 is 2.91 bits per heavy atom. The number of aromatic nitrogens is 5. The van der Waals surface area contributed by atoms with Crippen molar-refractivity contribution in [1.29, 1.82) is 0 Å². The van der Waals surface area contributed by atoms with E-state index >= 15 is 0 Å². The lowest BCUT2D eigenvalue weighted by molar-refractivity contribution is 0.725. The Kier molecular flexibility index (Phi) is 2.94. The van der Waals surface area contributed by atoms with Crippen LogP contribution < -0.4 is 5.32 Å². The van der Waals surface area contributed by atoms with Crippen LogP contribution in [-0.4, -0.2) is 31.5 Å². The smallest absolute Gasteiger partial charge is 0.186 e. The van der Waals surface area contributed by atoms with E-state index in [1.807, 2.05) is 31.2 Å². The Morgan fingerprint density at radius 1 is 1.27 bits per heavy atom. The Morgan fingerprint density at radius 2 is 2.14 bits per heavy atom. The second-order valence-corrected chi connectivity index (χ2v) is 6.02. The van der Waals surface area contributed by atoms with Gasteiger partial charge in [0.05, 0.1) is 17.1 Å². The van der Waals surface area contributed by atoms with Gasteiger partial charge < -0.3 is 5.32 Å². The number of hydrogen-bond acceptors (Lipinski definition) is 4. The summed E-state index contributed by atoms with van der Waals surface area (Å²) in [6.45, 7) is 4.86. The van der Waals surface area contributed by atoms with Crippen LogP contribution in [0.15, 0.2) is 24.3 Å². The molecule has 1 aliphatic rings. The second kappa shape index (κ2) is 4.84. The predicted octanol–water partition coefficient (Wildman–Crippen LogP) is 3.15. The molecule has 0 saturated heterocycles. The molecule has 22 heavy (non-hydrogen) atoms. The van der Waals surface area contributed by atoms with Gasteiger partial charge in [-0.05, 0) is 31.2 Å². The fraction of sp³-hybridized carbons (Fsp3) is 0.267. The van der Waals surface area contributed by atoms with Crippen LogP contribution in [-0.2, 0) is 0 Å². The average Bonchev–Trinajstić information content (AvgIpc) is 3.08. The maximum Gasteiger partial charge on any atom is 0.186 e. The van der Waals surface area contributed by atoms with E-state index in [1.165, 1.54) is 0 Å². The van der Waals surface area contributed by atoms with Crippen LogP contribution in [0.25, 0.3) is 17.2 Å². The fourth-order valence-corrected chi connectivity index (χ4v) is 2.93. The summed E-state index contributed by atoms with van der Waals surface area (Å²) in [6.07, 6.45) is 0. The van der Waals surface area contributed by atoms with Crippen LogP contribution in [0.3, 0.4) is 0 Å². The first-order chi connectivity index (χ1) is 10.6. The van der Waals surface area contributed by atoms with Gasteiger partial charge in [0.15, 0.2) is 5.82 Å². The lowest BCUT2D eigenvalue weighted by atomic mass is 10.1. The molecule has 7 heteroatoms. The molecular formula is C15H15ClN6. The molecule has 0 amide bonds. The molecule has 2 N–H and O–H groups in total. The molecule has 0 bridgehead atoms. The lowest BCUT2D eigenvalue weighted by Crippen LogP contribution is -2.09. The third-order valence-corrected chi connectivity index (χ3v) is 4.11. The van der Waals surface area contributed by atoms with Crippen LogP contribution in [0.4, 0.5) is 5.69 Å². The Hall–Kier alpha value is -2.34. The topological polar surface area (TPSA) is 71.4 Å². The van der Waals surface area contributed by atoms with Gasteiger partial charge in [-0.3, -0.25) is 9.67 Å². The zero-order valence-corrected chi connectivity index (χ0v) is 13.0. The molecule has 0 spiro atoms. The number of benzene rings is 1. The summed E-state index contributed by atoms with van der Waals surface area (Å²) >= 11 is 6.13. The molecule has 0 radical (unpaired) electrons. The highest BCUT2D eigenvalue weighted by Crippen LogP contribution is 2.34. The van der Waals surface area contributed by atoms with Crippen LogP contribution in [0, 0.1) is 6.92 Å². The van der Waals surface area contributed by atoms with Gasteiger partial charge in [0, 0.05) is 17.5 Å². The molecule has 0 saturated carbocycles. The summed E-state index contributed by atoms with van der Waals surface area (Å²) in [5, 5.41) is 20.1. The highest BCUT2D eigenvalue weighted by atomic mass is 35.5. The first kappa shape index (κ1) is 13.3. The van der Waals surface area contributed by atoms with Crippen molar-refractivity contribution < 1.29 is 0 Å². The van der Waals surface area contributed by atoms with E-state index in [4.69, 9.17) is 11.6 Å². The number of halogens is 1. The molecule has 1 aliphatic heterocycles. The van der Waals surface area contributed by atoms with Gasteiger partial charge in [-0.15, -0.1) is 10.2 Å². The number of hydrogen-bond donors (Lipinski definition) is 2. The molecule has 2 aromatic heterocycles. The number of fused-ring (bicyclic) bond motifs is 3. The van der Waals surface area contributed by atoms with Crippen molar-refractivity contribution >= 4 is 17.3 Å². The number of aromatic amines is 1. The van der Waals surface area contributed by atoms with Gasteiger partial charge in [-0.2, -0.15) is 5.10 Å². The molecule has 1 aromatic carbocycles. The highest BCUT2D eigenvalue weighted by Gasteiger charge is 2.25. The average molecular weight is 315 g/mol. The van der Waals surface area contributed by atoms with E-state index in [9.17, 15) is 0 Å². The Labute approximate surface area is 132 Å². The van der Waals surface area contributed by atoms with Crippen molar-refractivity contribution in [3.05, 3.63) is 40.8 Å². The summed E-state index contributed by atoms with van der Waals surface area (Å²) in [6, 6.07) is 7.77. The number of nitrogens with one attached hydrogen (secondary N) is 2. The highest BCUT2D eigenvalue weighted by molar-refractivity contribution is 6.31. The summed E-state index contributed by atoms with van der Waals surface area (Å²) < 4.78 is 2.07. The number of H-pyrrole nitrogens is 1. The molecule has 0 aliphatic carbocycles. The number of aryl methyl sites for hydroxylation is 1. The molecular weight excluding hydrogens is 300 g/mol. The third kappa shape index (κ3) is 1.99. The van der Waals surface area contributed by atoms with Crippen molar-refractivity contribution in [1.82, 2.24) is 25.0 Å². The van der Waals surface area contributed by atoms with Crippen molar-refractivity contribution in [3.63, 3.8) is 0 Å². The van der Waals surface area contributed by atoms with Crippen molar-refractivity contribution in [2.24, 2.45) is 0 Å². The standard InChI is InChI=1S/C15H15ClN6/c1-8-7-17-11-6-10(16)3-4-13(11)22-14(8)20-21-15(22)12-5-9(2)18-19-12/h3-6,8,17H,7H2,1-2H3,(H,18,19)/t8-/m0/s1. The minimum Gasteiger partial charge on any atom is -0.383 e. The third-order valence-electron chi connectivity index (χ3n) is 3.87. The van der Waals surface area contributed by atoms with E-state index < -0.39 is 0 Å². The lowest BCUT2D eigenvalue weighted by Gasteiger charge is -2.11. The second-order valence-electron chi connectivity index (χ2n) is 5.58. The molecule has 0 fully saturated rings.